The lowest BCUT2D eigenvalue weighted by molar-refractivity contribution is 0.0282. The van der Waals surface area contributed by atoms with Crippen LogP contribution in [0.25, 0.3) is 0 Å². The number of rotatable bonds is 3. The van der Waals surface area contributed by atoms with Crippen LogP contribution >= 0.6 is 0 Å². The van der Waals surface area contributed by atoms with Crippen LogP contribution in [0, 0.1) is 18.3 Å². The van der Waals surface area contributed by atoms with Crippen LogP contribution in [0.15, 0.2) is 0 Å². The molecule has 0 N–H and O–H groups in total. The van der Waals surface area contributed by atoms with Crippen LogP contribution in [-0.2, 0) is 9.47 Å². The first-order valence-electron chi connectivity index (χ1n) is 4.02. The molecule has 0 bridgehead atoms. The molecular formula is C9H14O2. The van der Waals surface area contributed by atoms with E-state index in [9.17, 15) is 0 Å². The number of terminal acetylenes is 1. The highest BCUT2D eigenvalue weighted by atomic mass is 16.5. The van der Waals surface area contributed by atoms with E-state index in [4.69, 9.17) is 15.9 Å². The zero-order valence-corrected chi connectivity index (χ0v) is 6.71. The van der Waals surface area contributed by atoms with E-state index in [1.54, 1.807) is 0 Å². The molecule has 0 aromatic carbocycles. The SMILES string of the molecule is C#CCOCC1CCOCC1. The highest BCUT2D eigenvalue weighted by Gasteiger charge is 2.12. The van der Waals surface area contributed by atoms with Crippen molar-refractivity contribution in [1.82, 2.24) is 0 Å². The first kappa shape index (κ1) is 8.58. The summed E-state index contributed by atoms with van der Waals surface area (Å²) in [5.74, 6) is 3.12. The monoisotopic (exact) mass is 154 g/mol. The Morgan fingerprint density at radius 2 is 2.18 bits per heavy atom. The molecule has 11 heavy (non-hydrogen) atoms. The maximum Gasteiger partial charge on any atom is 0.107 e. The van der Waals surface area contributed by atoms with Crippen LogP contribution in [0.5, 0.6) is 0 Å². The van der Waals surface area contributed by atoms with Gasteiger partial charge in [-0.05, 0) is 18.8 Å². The minimum Gasteiger partial charge on any atom is -0.381 e. The second kappa shape index (κ2) is 5.17. The van der Waals surface area contributed by atoms with Gasteiger partial charge in [0.05, 0.1) is 6.61 Å². The van der Waals surface area contributed by atoms with Crippen molar-refractivity contribution in [3.8, 4) is 12.3 Å². The van der Waals surface area contributed by atoms with E-state index in [2.05, 4.69) is 5.92 Å². The topological polar surface area (TPSA) is 18.5 Å². The fraction of sp³-hybridized carbons (Fsp3) is 0.778. The molecule has 1 heterocycles. The summed E-state index contributed by atoms with van der Waals surface area (Å²) < 4.78 is 10.4. The third kappa shape index (κ3) is 3.41. The second-order valence-corrected chi connectivity index (χ2v) is 2.78. The Morgan fingerprint density at radius 3 is 2.82 bits per heavy atom. The minimum atomic E-state index is 0.442. The van der Waals surface area contributed by atoms with Crippen LogP contribution < -0.4 is 0 Å². The van der Waals surface area contributed by atoms with E-state index >= 15 is 0 Å². The van der Waals surface area contributed by atoms with Crippen molar-refractivity contribution in [3.63, 3.8) is 0 Å². The Bertz CT molecular complexity index is 131. The first-order chi connectivity index (χ1) is 5.43. The average Bonchev–Trinajstić information content (AvgIpc) is 2.07. The molecular weight excluding hydrogens is 140 g/mol. The number of ether oxygens (including phenoxy) is 2. The fourth-order valence-electron chi connectivity index (χ4n) is 1.20. The summed E-state index contributed by atoms with van der Waals surface area (Å²) in [6.07, 6.45) is 7.28. The lowest BCUT2D eigenvalue weighted by Gasteiger charge is -2.21. The zero-order valence-electron chi connectivity index (χ0n) is 6.71. The predicted octanol–water partition coefficient (Wildman–Crippen LogP) is 1.06. The van der Waals surface area contributed by atoms with Gasteiger partial charge >= 0.3 is 0 Å². The summed E-state index contributed by atoms with van der Waals surface area (Å²) in [5.41, 5.74) is 0. The van der Waals surface area contributed by atoms with Crippen LogP contribution in [-0.4, -0.2) is 26.4 Å². The zero-order chi connectivity index (χ0) is 7.94. The van der Waals surface area contributed by atoms with Crippen molar-refractivity contribution in [2.24, 2.45) is 5.92 Å². The molecule has 1 fully saturated rings. The molecule has 1 aliphatic heterocycles. The normalized spacial score (nSPS) is 19.5. The predicted molar refractivity (Wildman–Crippen MR) is 43.2 cm³/mol. The average molecular weight is 154 g/mol. The van der Waals surface area contributed by atoms with E-state index in [-0.39, 0.29) is 0 Å². The first-order valence-corrected chi connectivity index (χ1v) is 4.02. The van der Waals surface area contributed by atoms with Gasteiger partial charge in [-0.3, -0.25) is 0 Å². The summed E-state index contributed by atoms with van der Waals surface area (Å²) in [7, 11) is 0. The van der Waals surface area contributed by atoms with Gasteiger partial charge < -0.3 is 9.47 Å². The third-order valence-corrected chi connectivity index (χ3v) is 1.88. The molecule has 0 atom stereocenters. The van der Waals surface area contributed by atoms with Gasteiger partial charge in [-0.15, -0.1) is 6.42 Å². The maximum atomic E-state index is 5.23. The van der Waals surface area contributed by atoms with Gasteiger partial charge in [0.1, 0.15) is 6.61 Å². The third-order valence-electron chi connectivity index (χ3n) is 1.88. The van der Waals surface area contributed by atoms with Gasteiger partial charge in [0.25, 0.3) is 0 Å². The maximum absolute atomic E-state index is 5.23. The Balaban J connectivity index is 2.01. The van der Waals surface area contributed by atoms with E-state index in [0.717, 1.165) is 32.7 Å². The molecule has 0 aliphatic carbocycles. The molecule has 2 heteroatoms. The molecule has 0 aromatic rings. The molecule has 1 aliphatic rings. The van der Waals surface area contributed by atoms with E-state index in [0.29, 0.717) is 12.5 Å². The van der Waals surface area contributed by atoms with Crippen LogP contribution in [0.1, 0.15) is 12.8 Å². The highest BCUT2D eigenvalue weighted by molar-refractivity contribution is 4.83. The fourth-order valence-corrected chi connectivity index (χ4v) is 1.20. The van der Waals surface area contributed by atoms with Gasteiger partial charge in [0.2, 0.25) is 0 Å². The van der Waals surface area contributed by atoms with Crippen molar-refractivity contribution in [1.29, 1.82) is 0 Å². The summed E-state index contributed by atoms with van der Waals surface area (Å²) in [4.78, 5) is 0. The van der Waals surface area contributed by atoms with Crippen LogP contribution in [0.2, 0.25) is 0 Å². The second-order valence-electron chi connectivity index (χ2n) is 2.78. The van der Waals surface area contributed by atoms with Crippen molar-refractivity contribution in [2.75, 3.05) is 26.4 Å². The van der Waals surface area contributed by atoms with Crippen LogP contribution in [0.3, 0.4) is 0 Å². The molecule has 0 radical (unpaired) electrons. The van der Waals surface area contributed by atoms with Crippen LogP contribution in [0.4, 0.5) is 0 Å². The molecule has 0 unspecified atom stereocenters. The quantitative estimate of drug-likeness (QED) is 0.447. The van der Waals surface area contributed by atoms with Gasteiger partial charge in [-0.2, -0.15) is 0 Å². The highest BCUT2D eigenvalue weighted by Crippen LogP contribution is 2.14. The van der Waals surface area contributed by atoms with Crippen molar-refractivity contribution in [2.45, 2.75) is 12.8 Å². The summed E-state index contributed by atoms with van der Waals surface area (Å²) >= 11 is 0. The molecule has 0 saturated carbocycles. The van der Waals surface area contributed by atoms with Crippen molar-refractivity contribution < 1.29 is 9.47 Å². The Labute approximate surface area is 67.9 Å². The molecule has 2 nitrogen and oxygen atoms in total. The Kier molecular flexibility index (Phi) is 4.03. The Hall–Kier alpha value is -0.520. The lowest BCUT2D eigenvalue weighted by atomic mass is 10.0. The smallest absolute Gasteiger partial charge is 0.107 e. The molecule has 0 aromatic heterocycles. The minimum absolute atomic E-state index is 0.442. The molecule has 1 rings (SSSR count). The van der Waals surface area contributed by atoms with Crippen molar-refractivity contribution in [3.05, 3.63) is 0 Å². The van der Waals surface area contributed by atoms with Gasteiger partial charge in [-0.1, -0.05) is 5.92 Å². The van der Waals surface area contributed by atoms with Gasteiger partial charge in [-0.25, -0.2) is 0 Å². The Morgan fingerprint density at radius 1 is 1.45 bits per heavy atom. The molecule has 62 valence electrons. The molecule has 0 amide bonds. The van der Waals surface area contributed by atoms with E-state index in [1.165, 1.54) is 0 Å². The lowest BCUT2D eigenvalue weighted by Crippen LogP contribution is -2.20. The largest absolute Gasteiger partial charge is 0.381 e. The van der Waals surface area contributed by atoms with E-state index in [1.807, 2.05) is 0 Å². The number of hydrogen-bond acceptors (Lipinski definition) is 2. The molecule has 1 saturated heterocycles. The van der Waals surface area contributed by atoms with Gasteiger partial charge in [0.15, 0.2) is 0 Å². The van der Waals surface area contributed by atoms with E-state index < -0.39 is 0 Å². The standard InChI is InChI=1S/C9H14O2/c1-2-5-11-8-9-3-6-10-7-4-9/h1,9H,3-8H2. The summed E-state index contributed by atoms with van der Waals surface area (Å²) in [6.45, 7) is 3.00. The summed E-state index contributed by atoms with van der Waals surface area (Å²) in [6, 6.07) is 0. The summed E-state index contributed by atoms with van der Waals surface area (Å²) in [5, 5.41) is 0. The molecule has 0 spiro atoms. The van der Waals surface area contributed by atoms with Gasteiger partial charge in [0, 0.05) is 13.2 Å². The van der Waals surface area contributed by atoms with Crippen molar-refractivity contribution >= 4 is 0 Å². The number of hydrogen-bond donors (Lipinski definition) is 0.